The average Bonchev–Trinajstić information content (AvgIpc) is 3.77. The quantitative estimate of drug-likeness (QED) is 0.139. The van der Waals surface area contributed by atoms with Gasteiger partial charge in [0, 0.05) is 38.6 Å². The highest BCUT2D eigenvalue weighted by atomic mass is 16.3. The summed E-state index contributed by atoms with van der Waals surface area (Å²) in [5.41, 5.74) is 5.17. The molecule has 2 aromatic carbocycles. The Kier molecular flexibility index (Phi) is 14.2. The first kappa shape index (κ1) is 43.0. The molecule has 11 N–H and O–H groups in total. The second kappa shape index (κ2) is 18.9. The van der Waals surface area contributed by atoms with Gasteiger partial charge in [-0.05, 0) is 69.2 Å². The van der Waals surface area contributed by atoms with E-state index in [0.717, 1.165) is 22.3 Å². The van der Waals surface area contributed by atoms with Crippen LogP contribution in [0, 0.1) is 0 Å². The lowest BCUT2D eigenvalue weighted by molar-refractivity contribution is -0.160. The number of aliphatic hydroxyl groups is 3. The van der Waals surface area contributed by atoms with Crippen molar-refractivity contribution in [2.24, 2.45) is 5.73 Å². The van der Waals surface area contributed by atoms with Crippen LogP contribution >= 0.6 is 0 Å². The highest BCUT2D eigenvalue weighted by molar-refractivity contribution is 5.98. The molecule has 3 aliphatic heterocycles. The number of phenols is 1. The molecule has 310 valence electrons. The van der Waals surface area contributed by atoms with Gasteiger partial charge in [0.05, 0.1) is 18.2 Å². The second-order valence-corrected chi connectivity index (χ2v) is 15.3. The van der Waals surface area contributed by atoms with Crippen LogP contribution in [0.5, 0.6) is 5.75 Å². The standard InChI is InChI=1S/C39H54N8O10/c1-22(48)32-37(55)46-21-27(50)18-31(46)36(54)43-29(15-12-23-10-13-26(49)14-11-23)34(52)45-39(2,57)38(56)47-20-25(40)17-30(47)35(53)41-16-6-9-28(33(51)44-32)42-19-24-7-4-3-5-8-24/h3-5,7-8,10-11,13-14,22,25,27-32,42,48-50,57H,6,9,12,15-21,40H2,1-2H3,(H,41,53)(H,43,54)(H,44,51)(H,45,52)/t22-,25?,27-,28?,29?,30?,31?,32?,39-/m1/s1. The van der Waals surface area contributed by atoms with Crippen LogP contribution in [-0.2, 0) is 41.7 Å². The van der Waals surface area contributed by atoms with Gasteiger partial charge in [-0.25, -0.2) is 0 Å². The smallest absolute Gasteiger partial charge is 0.276 e. The van der Waals surface area contributed by atoms with Crippen molar-refractivity contribution in [1.82, 2.24) is 36.4 Å². The number of amides is 6. The zero-order valence-corrected chi connectivity index (χ0v) is 32.1. The number of fused-ring (bicyclic) bond motifs is 2. The summed E-state index contributed by atoms with van der Waals surface area (Å²) in [6, 6.07) is 8.52. The van der Waals surface area contributed by atoms with Crippen molar-refractivity contribution in [2.75, 3.05) is 19.6 Å². The Bertz CT molecular complexity index is 1760. The molecule has 18 heteroatoms. The maximum Gasteiger partial charge on any atom is 0.276 e. The Balaban J connectivity index is 1.46. The predicted octanol–water partition coefficient (Wildman–Crippen LogP) is -2.54. The Morgan fingerprint density at radius 2 is 1.56 bits per heavy atom. The number of nitrogens with two attached hydrogens (primary N) is 1. The van der Waals surface area contributed by atoms with Crippen molar-refractivity contribution in [3.63, 3.8) is 0 Å². The van der Waals surface area contributed by atoms with E-state index >= 15 is 0 Å². The van der Waals surface area contributed by atoms with Crippen LogP contribution in [0.1, 0.15) is 57.1 Å². The fourth-order valence-corrected chi connectivity index (χ4v) is 7.44. The molecule has 0 bridgehead atoms. The number of phenolic OH excluding ortho intramolecular Hbond substituents is 1. The molecule has 3 saturated heterocycles. The van der Waals surface area contributed by atoms with E-state index in [2.05, 4.69) is 26.6 Å². The topological polar surface area (TPSA) is 276 Å². The van der Waals surface area contributed by atoms with Crippen LogP contribution in [0.2, 0.25) is 0 Å². The molecule has 18 nitrogen and oxygen atoms in total. The first-order chi connectivity index (χ1) is 27.0. The van der Waals surface area contributed by atoms with Crippen molar-refractivity contribution >= 4 is 35.4 Å². The minimum absolute atomic E-state index is 0.0151. The highest BCUT2D eigenvalue weighted by Crippen LogP contribution is 2.23. The average molecular weight is 795 g/mol. The fourth-order valence-electron chi connectivity index (χ4n) is 7.44. The molecule has 0 saturated carbocycles. The van der Waals surface area contributed by atoms with E-state index in [1.54, 1.807) is 12.1 Å². The Morgan fingerprint density at radius 3 is 2.25 bits per heavy atom. The zero-order valence-electron chi connectivity index (χ0n) is 32.1. The van der Waals surface area contributed by atoms with Gasteiger partial charge in [0.2, 0.25) is 35.3 Å². The normalized spacial score (nSPS) is 30.3. The molecule has 5 rings (SSSR count). The molecule has 57 heavy (non-hydrogen) atoms. The summed E-state index contributed by atoms with van der Waals surface area (Å²) in [5.74, 6) is -4.81. The molecule has 0 radical (unpaired) electrons. The fraction of sp³-hybridized carbons (Fsp3) is 0.538. The zero-order chi connectivity index (χ0) is 41.4. The number of aryl methyl sites for hydroxylation is 1. The van der Waals surface area contributed by atoms with Gasteiger partial charge in [0.15, 0.2) is 0 Å². The lowest BCUT2D eigenvalue weighted by atomic mass is 10.0. The van der Waals surface area contributed by atoms with Gasteiger partial charge in [-0.15, -0.1) is 0 Å². The van der Waals surface area contributed by atoms with Crippen molar-refractivity contribution in [3.05, 3.63) is 65.7 Å². The van der Waals surface area contributed by atoms with E-state index in [9.17, 15) is 49.2 Å². The van der Waals surface area contributed by atoms with Crippen molar-refractivity contribution in [1.29, 1.82) is 0 Å². The molecule has 6 amide bonds. The second-order valence-electron chi connectivity index (χ2n) is 15.3. The van der Waals surface area contributed by atoms with Crippen LogP contribution < -0.4 is 32.3 Å². The summed E-state index contributed by atoms with van der Waals surface area (Å²) in [7, 11) is 0. The van der Waals surface area contributed by atoms with Crippen LogP contribution in [0.25, 0.3) is 0 Å². The van der Waals surface area contributed by atoms with Gasteiger partial charge in [0.1, 0.15) is 29.9 Å². The molecule has 2 aromatic rings. The van der Waals surface area contributed by atoms with E-state index in [1.165, 1.54) is 19.1 Å². The third-order valence-corrected chi connectivity index (χ3v) is 10.6. The summed E-state index contributed by atoms with van der Waals surface area (Å²) in [6.07, 6.45) is -2.17. The van der Waals surface area contributed by atoms with E-state index in [0.29, 0.717) is 5.56 Å². The first-order valence-electron chi connectivity index (χ1n) is 19.3. The third-order valence-electron chi connectivity index (χ3n) is 10.6. The van der Waals surface area contributed by atoms with E-state index in [1.807, 2.05) is 30.3 Å². The van der Waals surface area contributed by atoms with E-state index in [4.69, 9.17) is 5.73 Å². The minimum Gasteiger partial charge on any atom is -0.508 e. The van der Waals surface area contributed by atoms with Crippen molar-refractivity contribution < 1.29 is 49.2 Å². The molecular formula is C39H54N8O10. The SMILES string of the molecule is C[C@@H](O)C1NC(=O)C(NCc2ccccc2)CCCNC(=O)C2CC(N)CN2C(=O)[C@@](C)(O)NC(=O)C(CCc2ccc(O)cc2)NC(=O)C2C[C@@H](O)CN2C1=O. The van der Waals surface area contributed by atoms with Crippen LogP contribution in [0.3, 0.4) is 0 Å². The maximum absolute atomic E-state index is 14.1. The molecule has 3 heterocycles. The predicted molar refractivity (Wildman–Crippen MR) is 204 cm³/mol. The summed E-state index contributed by atoms with van der Waals surface area (Å²) >= 11 is 0. The Morgan fingerprint density at radius 1 is 0.877 bits per heavy atom. The number of hydrogen-bond acceptors (Lipinski definition) is 12. The van der Waals surface area contributed by atoms with Gasteiger partial charge in [0.25, 0.3) is 5.91 Å². The van der Waals surface area contributed by atoms with Gasteiger partial charge in [-0.2, -0.15) is 0 Å². The van der Waals surface area contributed by atoms with Gasteiger partial charge < -0.3 is 62.5 Å². The summed E-state index contributed by atoms with van der Waals surface area (Å²) in [4.78, 5) is 85.2. The van der Waals surface area contributed by atoms with Crippen LogP contribution in [0.15, 0.2) is 54.6 Å². The molecular weight excluding hydrogens is 740 g/mol. The van der Waals surface area contributed by atoms with Gasteiger partial charge in [-0.3, -0.25) is 28.8 Å². The van der Waals surface area contributed by atoms with E-state index < -0.39 is 89.6 Å². The maximum atomic E-state index is 14.1. The van der Waals surface area contributed by atoms with Crippen LogP contribution in [-0.4, -0.2) is 139 Å². The van der Waals surface area contributed by atoms with Crippen molar-refractivity contribution in [2.45, 2.75) is 113 Å². The number of carbonyl (C=O) groups is 6. The molecule has 3 aliphatic rings. The molecule has 9 atom stereocenters. The number of rotatable bonds is 7. The first-order valence-corrected chi connectivity index (χ1v) is 19.3. The molecule has 0 aromatic heterocycles. The number of hydrogen-bond donors (Lipinski definition) is 10. The number of nitrogens with one attached hydrogen (secondary N) is 5. The van der Waals surface area contributed by atoms with E-state index in [-0.39, 0.29) is 70.5 Å². The third kappa shape index (κ3) is 11.0. The number of benzene rings is 2. The lowest BCUT2D eigenvalue weighted by Gasteiger charge is -2.33. The molecule has 6 unspecified atom stereocenters. The number of aliphatic hydroxyl groups excluding tert-OH is 2. The van der Waals surface area contributed by atoms with Gasteiger partial charge >= 0.3 is 0 Å². The van der Waals surface area contributed by atoms with Gasteiger partial charge in [-0.1, -0.05) is 42.5 Å². The highest BCUT2D eigenvalue weighted by Gasteiger charge is 2.47. The Labute approximate surface area is 330 Å². The van der Waals surface area contributed by atoms with Crippen molar-refractivity contribution in [3.8, 4) is 5.75 Å². The summed E-state index contributed by atoms with van der Waals surface area (Å²) in [6.45, 7) is 2.32. The lowest BCUT2D eigenvalue weighted by Crippen LogP contribution is -2.64. The van der Waals surface area contributed by atoms with Crippen LogP contribution in [0.4, 0.5) is 0 Å². The Hall–Kier alpha value is -5.14. The number of nitrogens with zero attached hydrogens (tertiary/aromatic N) is 2. The molecule has 0 aliphatic carbocycles. The molecule has 0 spiro atoms. The minimum atomic E-state index is -2.56. The summed E-state index contributed by atoms with van der Waals surface area (Å²) < 4.78 is 0. The number of aromatic hydroxyl groups is 1. The number of carbonyl (C=O) groups excluding carboxylic acids is 6. The monoisotopic (exact) mass is 794 g/mol. The largest absolute Gasteiger partial charge is 0.508 e. The summed E-state index contributed by atoms with van der Waals surface area (Å²) in [5, 5.41) is 56.1. The molecule has 3 fully saturated rings.